The van der Waals surface area contributed by atoms with E-state index in [1.807, 2.05) is 6.07 Å². The number of allylic oxidation sites excluding steroid dienone is 3. The van der Waals surface area contributed by atoms with E-state index in [9.17, 15) is 0 Å². The molecule has 0 spiro atoms. The van der Waals surface area contributed by atoms with E-state index in [2.05, 4.69) is 6.58 Å². The van der Waals surface area contributed by atoms with Crippen LogP contribution in [0.2, 0.25) is 0 Å². The second-order valence-corrected chi connectivity index (χ2v) is 1.06. The zero-order chi connectivity index (χ0) is 5.70. The van der Waals surface area contributed by atoms with Crippen LogP contribution in [-0.4, -0.2) is 0 Å². The van der Waals surface area contributed by atoms with Crippen molar-refractivity contribution in [2.75, 3.05) is 0 Å². The Hall–Kier alpha value is -1.03. The van der Waals surface area contributed by atoms with Gasteiger partial charge in [-0.25, -0.2) is 0 Å². The van der Waals surface area contributed by atoms with E-state index in [-0.39, 0.29) is 0 Å². The molecule has 0 aliphatic heterocycles. The molecule has 0 aliphatic carbocycles. The van der Waals surface area contributed by atoms with Crippen molar-refractivity contribution in [1.82, 2.24) is 0 Å². The van der Waals surface area contributed by atoms with Gasteiger partial charge in [0.2, 0.25) is 0 Å². The fourth-order valence-corrected chi connectivity index (χ4v) is 0.228. The lowest BCUT2D eigenvalue weighted by Crippen LogP contribution is -1.62. The van der Waals surface area contributed by atoms with Crippen LogP contribution in [0.5, 0.6) is 0 Å². The Labute approximate surface area is 43.6 Å². The van der Waals surface area contributed by atoms with Gasteiger partial charge in [0.15, 0.2) is 0 Å². The molecule has 0 rings (SSSR count). The van der Waals surface area contributed by atoms with Gasteiger partial charge in [-0.2, -0.15) is 5.26 Å². The molecule has 0 saturated heterocycles. The molecule has 0 atom stereocenters. The number of rotatable bonds is 1. The summed E-state index contributed by atoms with van der Waals surface area (Å²) in [5.74, 6) is 0. The van der Waals surface area contributed by atoms with Crippen molar-refractivity contribution < 1.29 is 0 Å². The minimum atomic E-state index is 0.625. The first kappa shape index (κ1) is 5.97. The first-order chi connectivity index (χ1) is 3.35. The summed E-state index contributed by atoms with van der Waals surface area (Å²) < 4.78 is 0. The summed E-state index contributed by atoms with van der Waals surface area (Å²) in [6.45, 7) is 5.22. The van der Waals surface area contributed by atoms with Gasteiger partial charge in [0.1, 0.15) is 0 Å². The largest absolute Gasteiger partial charge is 0.192 e. The van der Waals surface area contributed by atoms with E-state index in [4.69, 9.17) is 5.26 Å². The molecule has 0 aromatic heterocycles. The smallest absolute Gasteiger partial charge is 0.0987 e. The maximum Gasteiger partial charge on any atom is 0.0987 e. The highest BCUT2D eigenvalue weighted by atomic mass is 14.2. The lowest BCUT2D eigenvalue weighted by Gasteiger charge is -1.74. The Kier molecular flexibility index (Phi) is 2.70. The monoisotopic (exact) mass is 93.1 g/mol. The average molecular weight is 93.1 g/mol. The van der Waals surface area contributed by atoms with Crippen LogP contribution in [0, 0.1) is 11.3 Å². The summed E-state index contributed by atoms with van der Waals surface area (Å²) in [5, 5.41) is 8.14. The summed E-state index contributed by atoms with van der Waals surface area (Å²) >= 11 is 0. The van der Waals surface area contributed by atoms with E-state index in [1.165, 1.54) is 6.08 Å². The summed E-state index contributed by atoms with van der Waals surface area (Å²) in [7, 11) is 0. The minimum absolute atomic E-state index is 0.625. The van der Waals surface area contributed by atoms with Crippen molar-refractivity contribution in [3.63, 3.8) is 0 Å². The van der Waals surface area contributed by atoms with Crippen molar-refractivity contribution >= 4 is 0 Å². The predicted octanol–water partition coefficient (Wildman–Crippen LogP) is 1.64. The zero-order valence-electron chi connectivity index (χ0n) is 4.31. The normalized spacial score (nSPS) is 10.0. The van der Waals surface area contributed by atoms with Gasteiger partial charge in [-0.05, 0) is 6.92 Å². The number of nitriles is 1. The molecule has 0 N–H and O–H groups in total. The number of hydrogen-bond donors (Lipinski definition) is 0. The molecule has 1 heteroatoms. The van der Waals surface area contributed by atoms with Crippen LogP contribution in [0.4, 0.5) is 0 Å². The van der Waals surface area contributed by atoms with E-state index < -0.39 is 0 Å². The molecule has 1 nitrogen and oxygen atoms in total. The molecule has 0 unspecified atom stereocenters. The van der Waals surface area contributed by atoms with Gasteiger partial charge in [0.25, 0.3) is 0 Å². The third-order valence-electron chi connectivity index (χ3n) is 0.660. The van der Waals surface area contributed by atoms with Gasteiger partial charge >= 0.3 is 0 Å². The molecule has 0 fully saturated rings. The van der Waals surface area contributed by atoms with Crippen LogP contribution in [0.25, 0.3) is 0 Å². The van der Waals surface area contributed by atoms with Crippen molar-refractivity contribution in [3.05, 3.63) is 24.3 Å². The highest BCUT2D eigenvalue weighted by molar-refractivity contribution is 5.30. The molecular formula is C6H7N. The van der Waals surface area contributed by atoms with Gasteiger partial charge in [0, 0.05) is 5.57 Å². The number of hydrogen-bond acceptors (Lipinski definition) is 1. The molecule has 0 radical (unpaired) electrons. The maximum atomic E-state index is 8.14. The third kappa shape index (κ3) is 1.77. The van der Waals surface area contributed by atoms with E-state index in [0.29, 0.717) is 5.57 Å². The molecule has 0 aliphatic rings. The van der Waals surface area contributed by atoms with Gasteiger partial charge in [0.05, 0.1) is 6.07 Å². The second-order valence-electron chi connectivity index (χ2n) is 1.06. The molecule has 0 aromatic carbocycles. The average Bonchev–Trinajstić information content (AvgIpc) is 1.72. The molecule has 0 amide bonds. The van der Waals surface area contributed by atoms with Crippen molar-refractivity contribution in [2.45, 2.75) is 6.92 Å². The standard InChI is InChI=1S/C6H7N/c1-3-6(4-2)5-7/h3-4H,1H2,2H3/b6-4-. The van der Waals surface area contributed by atoms with Crippen LogP contribution in [0.1, 0.15) is 6.92 Å². The Morgan fingerprint density at radius 2 is 2.43 bits per heavy atom. The first-order valence-corrected chi connectivity index (χ1v) is 2.04. The summed E-state index contributed by atoms with van der Waals surface area (Å²) in [5.41, 5.74) is 0.625. The Bertz CT molecular complexity index is 126. The Morgan fingerprint density at radius 3 is 2.43 bits per heavy atom. The first-order valence-electron chi connectivity index (χ1n) is 2.04. The maximum absolute atomic E-state index is 8.14. The topological polar surface area (TPSA) is 23.8 Å². The van der Waals surface area contributed by atoms with Crippen molar-refractivity contribution in [3.8, 4) is 6.07 Å². The van der Waals surface area contributed by atoms with E-state index >= 15 is 0 Å². The third-order valence-corrected chi connectivity index (χ3v) is 0.660. The summed E-state index contributed by atoms with van der Waals surface area (Å²) in [6, 6.07) is 1.94. The molecular weight excluding hydrogens is 86.1 g/mol. The fourth-order valence-electron chi connectivity index (χ4n) is 0.228. The van der Waals surface area contributed by atoms with Gasteiger partial charge in [-0.15, -0.1) is 0 Å². The Balaban J connectivity index is 3.94. The van der Waals surface area contributed by atoms with Gasteiger partial charge < -0.3 is 0 Å². The van der Waals surface area contributed by atoms with Crippen LogP contribution >= 0.6 is 0 Å². The van der Waals surface area contributed by atoms with Crippen molar-refractivity contribution in [1.29, 1.82) is 5.26 Å². The Morgan fingerprint density at radius 1 is 1.86 bits per heavy atom. The highest BCUT2D eigenvalue weighted by Gasteiger charge is 1.76. The minimum Gasteiger partial charge on any atom is -0.192 e. The quantitative estimate of drug-likeness (QED) is 0.357. The van der Waals surface area contributed by atoms with Crippen LogP contribution in [0.3, 0.4) is 0 Å². The lowest BCUT2D eigenvalue weighted by atomic mass is 10.3. The van der Waals surface area contributed by atoms with E-state index in [1.54, 1.807) is 13.0 Å². The highest BCUT2D eigenvalue weighted by Crippen LogP contribution is 1.88. The summed E-state index contributed by atoms with van der Waals surface area (Å²) in [4.78, 5) is 0. The van der Waals surface area contributed by atoms with Crippen LogP contribution < -0.4 is 0 Å². The van der Waals surface area contributed by atoms with Gasteiger partial charge in [-0.3, -0.25) is 0 Å². The molecule has 0 aromatic rings. The summed E-state index contributed by atoms with van der Waals surface area (Å²) in [6.07, 6.45) is 3.24. The molecule has 0 heterocycles. The van der Waals surface area contributed by atoms with Gasteiger partial charge in [-0.1, -0.05) is 18.7 Å². The number of nitrogens with zero attached hydrogens (tertiary/aromatic N) is 1. The second kappa shape index (κ2) is 3.17. The van der Waals surface area contributed by atoms with E-state index in [0.717, 1.165) is 0 Å². The van der Waals surface area contributed by atoms with Crippen LogP contribution in [0.15, 0.2) is 24.3 Å². The molecule has 7 heavy (non-hydrogen) atoms. The molecule has 36 valence electrons. The zero-order valence-corrected chi connectivity index (χ0v) is 4.31. The van der Waals surface area contributed by atoms with Crippen molar-refractivity contribution in [2.24, 2.45) is 0 Å². The molecule has 0 saturated carbocycles. The lowest BCUT2D eigenvalue weighted by molar-refractivity contribution is 1.49. The van der Waals surface area contributed by atoms with Crippen LogP contribution in [-0.2, 0) is 0 Å². The fraction of sp³-hybridized carbons (Fsp3) is 0.167. The predicted molar refractivity (Wildman–Crippen MR) is 29.6 cm³/mol. The SMILES string of the molecule is C=C/C(C#N)=C/C. The molecule has 0 bridgehead atoms.